The SMILES string of the molecule is Cc1ccc(-n2c(C)cc(/C=C3\NC(=O)N(c4ccccc4)C3=O)c2C)nc1. The fraction of sp³-hybridized carbons (Fsp3) is 0.136. The molecule has 0 bridgehead atoms. The third-order valence-electron chi connectivity index (χ3n) is 4.79. The third-order valence-corrected chi connectivity index (χ3v) is 4.79. The van der Waals surface area contributed by atoms with Crippen molar-refractivity contribution in [2.45, 2.75) is 20.8 Å². The highest BCUT2D eigenvalue weighted by Crippen LogP contribution is 2.25. The number of para-hydroxylation sites is 1. The second-order valence-electron chi connectivity index (χ2n) is 6.82. The van der Waals surface area contributed by atoms with Crippen LogP contribution in [0, 0.1) is 20.8 Å². The summed E-state index contributed by atoms with van der Waals surface area (Å²) in [6.07, 6.45) is 3.54. The Balaban J connectivity index is 1.70. The first kappa shape index (κ1) is 17.7. The van der Waals surface area contributed by atoms with Gasteiger partial charge in [0.1, 0.15) is 11.5 Å². The van der Waals surface area contributed by atoms with Crippen molar-refractivity contribution in [2.24, 2.45) is 0 Å². The van der Waals surface area contributed by atoms with Gasteiger partial charge in [0, 0.05) is 17.6 Å². The molecule has 0 saturated carbocycles. The number of aryl methyl sites for hydroxylation is 2. The lowest BCUT2D eigenvalue weighted by atomic mass is 10.2. The zero-order valence-corrected chi connectivity index (χ0v) is 15.9. The van der Waals surface area contributed by atoms with E-state index >= 15 is 0 Å². The fourth-order valence-electron chi connectivity index (χ4n) is 3.38. The van der Waals surface area contributed by atoms with Gasteiger partial charge in [0.25, 0.3) is 5.91 Å². The first-order valence-corrected chi connectivity index (χ1v) is 9.00. The van der Waals surface area contributed by atoms with Crippen LogP contribution in [0.3, 0.4) is 0 Å². The Hall–Kier alpha value is -3.67. The summed E-state index contributed by atoms with van der Waals surface area (Å²) in [5.41, 5.74) is 4.69. The zero-order chi connectivity index (χ0) is 19.8. The summed E-state index contributed by atoms with van der Waals surface area (Å²) in [6.45, 7) is 5.95. The molecular weight excluding hydrogens is 352 g/mol. The molecule has 3 heterocycles. The van der Waals surface area contributed by atoms with Gasteiger partial charge in [-0.1, -0.05) is 24.3 Å². The molecule has 1 aromatic carbocycles. The van der Waals surface area contributed by atoms with Gasteiger partial charge in [-0.15, -0.1) is 0 Å². The molecule has 1 fully saturated rings. The van der Waals surface area contributed by atoms with E-state index in [0.29, 0.717) is 5.69 Å². The van der Waals surface area contributed by atoms with Crippen LogP contribution < -0.4 is 10.2 Å². The van der Waals surface area contributed by atoms with E-state index in [0.717, 1.165) is 33.2 Å². The smallest absolute Gasteiger partial charge is 0.303 e. The van der Waals surface area contributed by atoms with Crippen molar-refractivity contribution in [1.82, 2.24) is 14.9 Å². The Bertz CT molecular complexity index is 1100. The van der Waals surface area contributed by atoms with Gasteiger partial charge < -0.3 is 9.88 Å². The zero-order valence-electron chi connectivity index (χ0n) is 15.9. The molecule has 1 aliphatic heterocycles. The summed E-state index contributed by atoms with van der Waals surface area (Å²) in [6, 6.07) is 14.4. The second kappa shape index (κ2) is 6.81. The van der Waals surface area contributed by atoms with E-state index in [1.807, 2.05) is 55.8 Å². The summed E-state index contributed by atoms with van der Waals surface area (Å²) < 4.78 is 2.03. The maximum atomic E-state index is 12.8. The van der Waals surface area contributed by atoms with E-state index in [1.54, 1.807) is 30.3 Å². The van der Waals surface area contributed by atoms with Crippen LogP contribution in [0.4, 0.5) is 10.5 Å². The first-order chi connectivity index (χ1) is 13.5. The number of carbonyl (C=O) groups excluding carboxylic acids is 2. The van der Waals surface area contributed by atoms with Crippen molar-refractivity contribution < 1.29 is 9.59 Å². The van der Waals surface area contributed by atoms with Gasteiger partial charge in [-0.05, 0) is 62.2 Å². The topological polar surface area (TPSA) is 67.2 Å². The standard InChI is InChI=1S/C22H20N4O2/c1-14-9-10-20(23-13-14)25-15(2)11-17(16(25)3)12-19-21(27)26(22(28)24-19)18-7-5-4-6-8-18/h4-13H,1-3H3,(H,24,28)/b19-12-. The molecule has 0 radical (unpaired) electrons. The number of pyridine rings is 1. The Labute approximate surface area is 163 Å². The first-order valence-electron chi connectivity index (χ1n) is 9.00. The van der Waals surface area contributed by atoms with E-state index in [2.05, 4.69) is 10.3 Å². The van der Waals surface area contributed by atoms with Crippen molar-refractivity contribution in [3.05, 3.63) is 82.9 Å². The van der Waals surface area contributed by atoms with Gasteiger partial charge in [0.2, 0.25) is 0 Å². The lowest BCUT2D eigenvalue weighted by Crippen LogP contribution is -2.30. The monoisotopic (exact) mass is 372 g/mol. The number of urea groups is 1. The number of carbonyl (C=O) groups is 2. The van der Waals surface area contributed by atoms with Gasteiger partial charge in [-0.25, -0.2) is 14.7 Å². The minimum atomic E-state index is -0.448. The van der Waals surface area contributed by atoms with Crippen molar-refractivity contribution in [3.63, 3.8) is 0 Å². The van der Waals surface area contributed by atoms with Gasteiger partial charge in [-0.2, -0.15) is 0 Å². The number of amides is 3. The quantitative estimate of drug-likeness (QED) is 0.560. The van der Waals surface area contributed by atoms with Crippen LogP contribution in [-0.2, 0) is 4.79 Å². The maximum Gasteiger partial charge on any atom is 0.333 e. The molecule has 0 unspecified atom stereocenters. The Morgan fingerprint density at radius 2 is 1.75 bits per heavy atom. The molecule has 6 nitrogen and oxygen atoms in total. The van der Waals surface area contributed by atoms with E-state index in [4.69, 9.17) is 0 Å². The van der Waals surface area contributed by atoms with Crippen LogP contribution in [0.1, 0.15) is 22.5 Å². The molecule has 28 heavy (non-hydrogen) atoms. The van der Waals surface area contributed by atoms with Crippen LogP contribution in [-0.4, -0.2) is 21.5 Å². The number of imide groups is 1. The van der Waals surface area contributed by atoms with Crippen molar-refractivity contribution in [2.75, 3.05) is 4.90 Å². The molecule has 4 rings (SSSR count). The molecule has 3 aromatic rings. The number of hydrogen-bond acceptors (Lipinski definition) is 3. The number of rotatable bonds is 3. The van der Waals surface area contributed by atoms with E-state index in [9.17, 15) is 9.59 Å². The number of benzene rings is 1. The molecule has 0 aliphatic carbocycles. The van der Waals surface area contributed by atoms with Gasteiger partial charge >= 0.3 is 6.03 Å². The van der Waals surface area contributed by atoms with Crippen LogP contribution in [0.2, 0.25) is 0 Å². The minimum absolute atomic E-state index is 0.256. The molecule has 6 heteroatoms. The van der Waals surface area contributed by atoms with Crippen molar-refractivity contribution in [1.29, 1.82) is 0 Å². The van der Waals surface area contributed by atoms with Crippen molar-refractivity contribution in [3.8, 4) is 5.82 Å². The number of hydrogen-bond donors (Lipinski definition) is 1. The van der Waals surface area contributed by atoms with E-state index < -0.39 is 6.03 Å². The number of anilines is 1. The second-order valence-corrected chi connectivity index (χ2v) is 6.82. The highest BCUT2D eigenvalue weighted by atomic mass is 16.2. The summed E-state index contributed by atoms with van der Waals surface area (Å²) in [4.78, 5) is 30.8. The van der Waals surface area contributed by atoms with Gasteiger partial charge in [0.15, 0.2) is 0 Å². The Morgan fingerprint density at radius 1 is 1.00 bits per heavy atom. The van der Waals surface area contributed by atoms with Crippen LogP contribution in [0.15, 0.2) is 60.4 Å². The number of aromatic nitrogens is 2. The fourth-order valence-corrected chi connectivity index (χ4v) is 3.38. The lowest BCUT2D eigenvalue weighted by molar-refractivity contribution is -0.113. The average Bonchev–Trinajstić information content (AvgIpc) is 3.12. The van der Waals surface area contributed by atoms with Gasteiger partial charge in [-0.3, -0.25) is 4.79 Å². The Morgan fingerprint density at radius 3 is 2.43 bits per heavy atom. The molecule has 0 atom stereocenters. The molecule has 140 valence electrons. The number of nitrogens with one attached hydrogen (secondary N) is 1. The molecule has 1 N–H and O–H groups in total. The van der Waals surface area contributed by atoms with Gasteiger partial charge in [0.05, 0.1) is 5.69 Å². The summed E-state index contributed by atoms with van der Waals surface area (Å²) in [5, 5.41) is 2.68. The summed E-state index contributed by atoms with van der Waals surface area (Å²) >= 11 is 0. The molecular formula is C22H20N4O2. The maximum absolute atomic E-state index is 12.8. The average molecular weight is 372 g/mol. The number of nitrogens with zero attached hydrogens (tertiary/aromatic N) is 3. The van der Waals surface area contributed by atoms with Crippen LogP contribution in [0.25, 0.3) is 11.9 Å². The van der Waals surface area contributed by atoms with Crippen LogP contribution in [0.5, 0.6) is 0 Å². The van der Waals surface area contributed by atoms with E-state index in [-0.39, 0.29) is 11.6 Å². The predicted molar refractivity (Wildman–Crippen MR) is 108 cm³/mol. The predicted octanol–water partition coefficient (Wildman–Crippen LogP) is 3.89. The molecule has 3 amide bonds. The molecule has 1 aliphatic rings. The summed E-state index contributed by atoms with van der Waals surface area (Å²) in [5.74, 6) is 0.451. The molecule has 1 saturated heterocycles. The largest absolute Gasteiger partial charge is 0.333 e. The van der Waals surface area contributed by atoms with E-state index in [1.165, 1.54) is 0 Å². The minimum Gasteiger partial charge on any atom is -0.303 e. The summed E-state index contributed by atoms with van der Waals surface area (Å²) in [7, 11) is 0. The van der Waals surface area contributed by atoms with Crippen molar-refractivity contribution >= 4 is 23.7 Å². The highest BCUT2D eigenvalue weighted by molar-refractivity contribution is 6.28. The highest BCUT2D eigenvalue weighted by Gasteiger charge is 2.34. The lowest BCUT2D eigenvalue weighted by Gasteiger charge is -2.10. The Kier molecular flexibility index (Phi) is 4.31. The van der Waals surface area contributed by atoms with Crippen LogP contribution >= 0.6 is 0 Å². The normalized spacial score (nSPS) is 15.4. The molecule has 0 spiro atoms. The molecule has 2 aromatic heterocycles. The third kappa shape index (κ3) is 2.99.